The molecule has 1 aliphatic carbocycles. The molecule has 0 spiro atoms. The van der Waals surface area contributed by atoms with E-state index < -0.39 is 0 Å². The smallest absolute Gasteiger partial charge is 0.240 e. The predicted molar refractivity (Wildman–Crippen MR) is 76.1 cm³/mol. The molecule has 1 N–H and O–H groups in total. The first-order chi connectivity index (χ1) is 9.88. The lowest BCUT2D eigenvalue weighted by Gasteiger charge is -2.22. The third-order valence-corrected chi connectivity index (χ3v) is 3.67. The zero-order chi connectivity index (χ0) is 13.8. The number of terminal acetylenes is 1. The van der Waals surface area contributed by atoms with Crippen LogP contribution in [0.25, 0.3) is 0 Å². The lowest BCUT2D eigenvalue weighted by atomic mass is 9.82. The van der Waals surface area contributed by atoms with Crippen LogP contribution >= 0.6 is 0 Å². The van der Waals surface area contributed by atoms with Crippen LogP contribution in [0.4, 0.5) is 0 Å². The molecule has 0 saturated carbocycles. The van der Waals surface area contributed by atoms with Crippen molar-refractivity contribution in [1.29, 1.82) is 0 Å². The number of nitrogens with one attached hydrogen (secondary N) is 1. The predicted octanol–water partition coefficient (Wildman–Crippen LogP) is 2.26. The fraction of sp³-hybridized carbons (Fsp3) is 0.375. The number of fused-ring (bicyclic) bond motifs is 1. The van der Waals surface area contributed by atoms with E-state index in [0.717, 1.165) is 18.7 Å². The van der Waals surface area contributed by atoms with E-state index >= 15 is 0 Å². The topological polar surface area (TPSA) is 51.0 Å². The minimum absolute atomic E-state index is 0.255. The van der Waals surface area contributed by atoms with Crippen LogP contribution < -0.4 is 5.32 Å². The van der Waals surface area contributed by atoms with Crippen molar-refractivity contribution in [2.24, 2.45) is 0 Å². The Hall–Kier alpha value is -2.12. The maximum Gasteiger partial charge on any atom is 0.240 e. The van der Waals surface area contributed by atoms with Crippen LogP contribution in [0.15, 0.2) is 28.8 Å². The molecular weight excluding hydrogens is 250 g/mol. The van der Waals surface area contributed by atoms with E-state index in [-0.39, 0.29) is 5.92 Å². The van der Waals surface area contributed by atoms with E-state index in [2.05, 4.69) is 45.6 Å². The molecule has 0 fully saturated rings. The van der Waals surface area contributed by atoms with Gasteiger partial charge in [0.25, 0.3) is 0 Å². The number of hydrogen-bond acceptors (Lipinski definition) is 4. The molecule has 2 aromatic rings. The van der Waals surface area contributed by atoms with Gasteiger partial charge in [0.05, 0.1) is 13.1 Å². The van der Waals surface area contributed by atoms with Crippen molar-refractivity contribution < 1.29 is 4.52 Å². The molecule has 0 aliphatic heterocycles. The molecule has 1 atom stereocenters. The van der Waals surface area contributed by atoms with Gasteiger partial charge in [-0.3, -0.25) is 5.32 Å². The summed E-state index contributed by atoms with van der Waals surface area (Å²) in [4.78, 5) is 4.50. The van der Waals surface area contributed by atoms with E-state index in [9.17, 15) is 0 Å². The van der Waals surface area contributed by atoms with Crippen molar-refractivity contribution >= 4 is 0 Å². The van der Waals surface area contributed by atoms with Crippen LogP contribution in [0, 0.1) is 12.3 Å². The van der Waals surface area contributed by atoms with Crippen molar-refractivity contribution in [3.8, 4) is 12.3 Å². The van der Waals surface area contributed by atoms with Crippen molar-refractivity contribution in [3.05, 3.63) is 47.1 Å². The minimum Gasteiger partial charge on any atom is -0.338 e. The maximum absolute atomic E-state index is 5.29. The zero-order valence-electron chi connectivity index (χ0n) is 11.3. The molecule has 1 unspecified atom stereocenters. The summed E-state index contributed by atoms with van der Waals surface area (Å²) >= 11 is 0. The Balaban J connectivity index is 1.79. The Morgan fingerprint density at radius 1 is 1.40 bits per heavy atom. The minimum atomic E-state index is 0.255. The molecule has 3 rings (SSSR count). The lowest BCUT2D eigenvalue weighted by molar-refractivity contribution is 0.362. The van der Waals surface area contributed by atoms with E-state index in [1.807, 2.05) is 0 Å². The lowest BCUT2D eigenvalue weighted by Crippen LogP contribution is -2.14. The van der Waals surface area contributed by atoms with Crippen LogP contribution in [-0.4, -0.2) is 16.7 Å². The van der Waals surface area contributed by atoms with Crippen molar-refractivity contribution in [2.45, 2.75) is 31.7 Å². The quantitative estimate of drug-likeness (QED) is 0.682. The fourth-order valence-electron chi connectivity index (χ4n) is 2.75. The number of aryl methyl sites for hydroxylation is 1. The summed E-state index contributed by atoms with van der Waals surface area (Å²) in [7, 11) is 0. The Bertz CT molecular complexity index is 627. The van der Waals surface area contributed by atoms with Crippen molar-refractivity contribution in [3.63, 3.8) is 0 Å². The standard InChI is InChI=1S/C16H17N3O/c1-2-10-17-11-15-18-16(19-20-15)14-9-5-7-12-6-3-4-8-13(12)14/h1,3-4,6,8,14,17H,5,7,9-11H2. The van der Waals surface area contributed by atoms with Crippen LogP contribution in [-0.2, 0) is 13.0 Å². The molecule has 1 heterocycles. The van der Waals surface area contributed by atoms with Gasteiger partial charge in [0, 0.05) is 5.92 Å². The zero-order valence-corrected chi connectivity index (χ0v) is 11.3. The first kappa shape index (κ1) is 12.9. The molecule has 1 aliphatic rings. The highest BCUT2D eigenvalue weighted by atomic mass is 16.5. The van der Waals surface area contributed by atoms with Gasteiger partial charge in [0.15, 0.2) is 5.82 Å². The number of nitrogens with zero attached hydrogens (tertiary/aromatic N) is 2. The first-order valence-electron chi connectivity index (χ1n) is 6.93. The van der Waals surface area contributed by atoms with E-state index in [0.29, 0.717) is 19.0 Å². The van der Waals surface area contributed by atoms with Gasteiger partial charge in [0.1, 0.15) is 0 Å². The van der Waals surface area contributed by atoms with Crippen LogP contribution in [0.5, 0.6) is 0 Å². The van der Waals surface area contributed by atoms with Gasteiger partial charge in [-0.1, -0.05) is 35.3 Å². The van der Waals surface area contributed by atoms with Crippen molar-refractivity contribution in [2.75, 3.05) is 6.54 Å². The van der Waals surface area contributed by atoms with Gasteiger partial charge in [0.2, 0.25) is 5.89 Å². The van der Waals surface area contributed by atoms with Crippen LogP contribution in [0.2, 0.25) is 0 Å². The van der Waals surface area contributed by atoms with Crippen molar-refractivity contribution in [1.82, 2.24) is 15.5 Å². The Labute approximate surface area is 118 Å². The first-order valence-corrected chi connectivity index (χ1v) is 6.93. The van der Waals surface area contributed by atoms with Crippen LogP contribution in [0.3, 0.4) is 0 Å². The average Bonchev–Trinajstić information content (AvgIpc) is 2.96. The van der Waals surface area contributed by atoms with Gasteiger partial charge in [-0.25, -0.2) is 0 Å². The molecule has 4 heteroatoms. The molecule has 0 saturated heterocycles. The fourth-order valence-corrected chi connectivity index (χ4v) is 2.75. The Morgan fingerprint density at radius 2 is 2.30 bits per heavy atom. The summed E-state index contributed by atoms with van der Waals surface area (Å²) in [6, 6.07) is 8.53. The SMILES string of the molecule is C#CCNCc1nc(C2CCCc3ccccc32)no1. The second-order valence-corrected chi connectivity index (χ2v) is 5.00. The van der Waals surface area contributed by atoms with Crippen LogP contribution in [0.1, 0.15) is 41.6 Å². The average molecular weight is 267 g/mol. The third kappa shape index (κ3) is 2.59. The summed E-state index contributed by atoms with van der Waals surface area (Å²) in [5, 5.41) is 7.19. The normalized spacial score (nSPS) is 17.4. The second-order valence-electron chi connectivity index (χ2n) is 5.00. The van der Waals surface area contributed by atoms with E-state index in [4.69, 9.17) is 10.9 Å². The van der Waals surface area contributed by atoms with Gasteiger partial charge >= 0.3 is 0 Å². The molecule has 1 aromatic heterocycles. The molecule has 0 radical (unpaired) electrons. The Kier molecular flexibility index (Phi) is 3.80. The molecule has 1 aromatic carbocycles. The summed E-state index contributed by atoms with van der Waals surface area (Å²) in [6.07, 6.45) is 8.57. The van der Waals surface area contributed by atoms with Gasteiger partial charge < -0.3 is 4.52 Å². The largest absolute Gasteiger partial charge is 0.338 e. The van der Waals surface area contributed by atoms with Gasteiger partial charge in [-0.15, -0.1) is 6.42 Å². The summed E-state index contributed by atoms with van der Waals surface area (Å²) < 4.78 is 5.29. The molecule has 0 amide bonds. The summed E-state index contributed by atoms with van der Waals surface area (Å²) in [5.74, 6) is 4.16. The Morgan fingerprint density at radius 3 is 3.20 bits per heavy atom. The highest BCUT2D eigenvalue weighted by molar-refractivity contribution is 5.36. The second kappa shape index (κ2) is 5.89. The molecule has 4 nitrogen and oxygen atoms in total. The van der Waals surface area contributed by atoms with E-state index in [1.165, 1.54) is 17.5 Å². The molecule has 20 heavy (non-hydrogen) atoms. The third-order valence-electron chi connectivity index (χ3n) is 3.67. The maximum atomic E-state index is 5.29. The van der Waals surface area contributed by atoms with Gasteiger partial charge in [-0.2, -0.15) is 4.98 Å². The van der Waals surface area contributed by atoms with Gasteiger partial charge in [-0.05, 0) is 30.4 Å². The number of aromatic nitrogens is 2. The monoisotopic (exact) mass is 267 g/mol. The molecule has 0 bridgehead atoms. The summed E-state index contributed by atoms with van der Waals surface area (Å²) in [6.45, 7) is 1.02. The molecule has 102 valence electrons. The number of rotatable bonds is 4. The molecular formula is C16H17N3O. The highest BCUT2D eigenvalue weighted by Crippen LogP contribution is 2.34. The highest BCUT2D eigenvalue weighted by Gasteiger charge is 2.25. The number of hydrogen-bond donors (Lipinski definition) is 1. The number of benzene rings is 1. The summed E-state index contributed by atoms with van der Waals surface area (Å²) in [5.41, 5.74) is 2.74. The van der Waals surface area contributed by atoms with E-state index in [1.54, 1.807) is 0 Å².